The molecule has 1 rings (SSSR count). The molecule has 0 aromatic rings. The number of alkyl halides is 1. The van der Waals surface area contributed by atoms with Crippen molar-refractivity contribution in [2.24, 2.45) is 5.73 Å². The van der Waals surface area contributed by atoms with Gasteiger partial charge in [-0.3, -0.25) is 9.69 Å². The van der Waals surface area contributed by atoms with Crippen LogP contribution in [-0.4, -0.2) is 36.6 Å². The maximum absolute atomic E-state index is 12.2. The van der Waals surface area contributed by atoms with E-state index in [9.17, 15) is 9.18 Å². The first-order valence-corrected chi connectivity index (χ1v) is 3.82. The summed E-state index contributed by atoms with van der Waals surface area (Å²) in [7, 11) is 0. The lowest BCUT2D eigenvalue weighted by atomic mass is 10.2. The van der Waals surface area contributed by atoms with Crippen molar-refractivity contribution in [3.8, 4) is 0 Å². The van der Waals surface area contributed by atoms with E-state index in [0.29, 0.717) is 0 Å². The fourth-order valence-electron chi connectivity index (χ4n) is 1.48. The maximum Gasteiger partial charge on any atom is 0.231 e. The van der Waals surface area contributed by atoms with Crippen LogP contribution in [0.5, 0.6) is 0 Å². The maximum atomic E-state index is 12.2. The smallest absolute Gasteiger partial charge is 0.231 e. The van der Waals surface area contributed by atoms with Crippen LogP contribution in [0.1, 0.15) is 12.8 Å². The number of carbonyl (C=O) groups is 1. The van der Waals surface area contributed by atoms with Crippen LogP contribution in [0.3, 0.4) is 0 Å². The molecule has 0 radical (unpaired) electrons. The normalized spacial score (nSPS) is 25.7. The Morgan fingerprint density at radius 2 is 2.45 bits per heavy atom. The molecule has 0 aromatic heterocycles. The van der Waals surface area contributed by atoms with Crippen LogP contribution < -0.4 is 5.73 Å². The van der Waals surface area contributed by atoms with E-state index in [2.05, 4.69) is 0 Å². The molecule has 1 aliphatic heterocycles. The molecule has 64 valence electrons. The van der Waals surface area contributed by atoms with Gasteiger partial charge in [0.25, 0.3) is 0 Å². The van der Waals surface area contributed by atoms with Gasteiger partial charge in [-0.15, -0.1) is 0 Å². The third-order valence-corrected chi connectivity index (χ3v) is 2.04. The van der Waals surface area contributed by atoms with Crippen LogP contribution in [0.15, 0.2) is 0 Å². The summed E-state index contributed by atoms with van der Waals surface area (Å²) in [6.07, 6.45) is 1.83. The molecule has 1 saturated heterocycles. The molecule has 0 saturated carbocycles. The SMILES string of the molecule is NC(=O)CN1CCCC1CF. The van der Waals surface area contributed by atoms with Crippen molar-refractivity contribution in [3.63, 3.8) is 0 Å². The fourth-order valence-corrected chi connectivity index (χ4v) is 1.48. The third kappa shape index (κ3) is 2.15. The van der Waals surface area contributed by atoms with Crippen LogP contribution in [0.25, 0.3) is 0 Å². The van der Waals surface area contributed by atoms with E-state index in [4.69, 9.17) is 5.73 Å². The van der Waals surface area contributed by atoms with Crippen molar-refractivity contribution in [3.05, 3.63) is 0 Å². The standard InChI is InChI=1S/C7H13FN2O/c8-4-6-2-1-3-10(6)5-7(9)11/h6H,1-5H2,(H2,9,11). The van der Waals surface area contributed by atoms with Gasteiger partial charge in [0, 0.05) is 6.04 Å². The van der Waals surface area contributed by atoms with Crippen molar-refractivity contribution in [2.45, 2.75) is 18.9 Å². The quantitative estimate of drug-likeness (QED) is 0.627. The van der Waals surface area contributed by atoms with E-state index in [-0.39, 0.29) is 25.2 Å². The van der Waals surface area contributed by atoms with Crippen molar-refractivity contribution < 1.29 is 9.18 Å². The Balaban J connectivity index is 2.37. The number of primary amides is 1. The highest BCUT2D eigenvalue weighted by molar-refractivity contribution is 5.76. The summed E-state index contributed by atoms with van der Waals surface area (Å²) in [5.41, 5.74) is 4.99. The second-order valence-electron chi connectivity index (χ2n) is 2.89. The number of carbonyl (C=O) groups excluding carboxylic acids is 1. The summed E-state index contributed by atoms with van der Waals surface area (Å²) in [6, 6.07) is -0.0671. The molecule has 11 heavy (non-hydrogen) atoms. The fraction of sp³-hybridized carbons (Fsp3) is 0.857. The monoisotopic (exact) mass is 160 g/mol. The Bertz CT molecular complexity index is 151. The zero-order valence-electron chi connectivity index (χ0n) is 6.42. The number of amides is 1. The first kappa shape index (κ1) is 8.46. The topological polar surface area (TPSA) is 46.3 Å². The number of likely N-dealkylation sites (tertiary alicyclic amines) is 1. The molecule has 3 nitrogen and oxygen atoms in total. The van der Waals surface area contributed by atoms with Crippen molar-refractivity contribution in [1.29, 1.82) is 0 Å². The first-order chi connectivity index (χ1) is 5.24. The van der Waals surface area contributed by atoms with Gasteiger partial charge in [-0.2, -0.15) is 0 Å². The summed E-state index contributed by atoms with van der Waals surface area (Å²) in [5, 5.41) is 0. The summed E-state index contributed by atoms with van der Waals surface area (Å²) < 4.78 is 12.2. The van der Waals surface area contributed by atoms with Crippen molar-refractivity contribution >= 4 is 5.91 Å². The average Bonchev–Trinajstić information content (AvgIpc) is 2.34. The van der Waals surface area contributed by atoms with Crippen LogP contribution >= 0.6 is 0 Å². The number of hydrogen-bond donors (Lipinski definition) is 1. The van der Waals surface area contributed by atoms with Gasteiger partial charge in [0.1, 0.15) is 6.67 Å². The number of halogens is 1. The van der Waals surface area contributed by atoms with Crippen LogP contribution in [-0.2, 0) is 4.79 Å². The Morgan fingerprint density at radius 1 is 1.73 bits per heavy atom. The van der Waals surface area contributed by atoms with E-state index in [0.717, 1.165) is 19.4 Å². The molecule has 1 heterocycles. The lowest BCUT2D eigenvalue weighted by Crippen LogP contribution is -2.38. The van der Waals surface area contributed by atoms with Gasteiger partial charge in [-0.05, 0) is 19.4 Å². The molecule has 0 bridgehead atoms. The van der Waals surface area contributed by atoms with E-state index >= 15 is 0 Å². The molecular weight excluding hydrogens is 147 g/mol. The van der Waals surface area contributed by atoms with Crippen molar-refractivity contribution in [1.82, 2.24) is 4.90 Å². The predicted molar refractivity (Wildman–Crippen MR) is 39.8 cm³/mol. The van der Waals surface area contributed by atoms with E-state index in [1.807, 2.05) is 4.90 Å². The minimum Gasteiger partial charge on any atom is -0.369 e. The molecule has 1 unspecified atom stereocenters. The molecule has 1 aliphatic rings. The van der Waals surface area contributed by atoms with Gasteiger partial charge in [-0.1, -0.05) is 0 Å². The molecule has 0 spiro atoms. The van der Waals surface area contributed by atoms with Crippen LogP contribution in [0, 0.1) is 0 Å². The molecule has 2 N–H and O–H groups in total. The van der Waals surface area contributed by atoms with Crippen LogP contribution in [0.2, 0.25) is 0 Å². The van der Waals surface area contributed by atoms with Gasteiger partial charge in [0.05, 0.1) is 6.54 Å². The minimum absolute atomic E-state index is 0.0671. The van der Waals surface area contributed by atoms with Gasteiger partial charge in [-0.25, -0.2) is 4.39 Å². The lowest BCUT2D eigenvalue weighted by molar-refractivity contribution is -0.119. The average molecular weight is 160 g/mol. The highest BCUT2D eigenvalue weighted by Crippen LogP contribution is 2.16. The largest absolute Gasteiger partial charge is 0.369 e. The molecule has 0 aromatic carbocycles. The Hall–Kier alpha value is -0.640. The van der Waals surface area contributed by atoms with E-state index in [1.54, 1.807) is 0 Å². The summed E-state index contributed by atoms with van der Waals surface area (Å²) in [4.78, 5) is 12.3. The minimum atomic E-state index is -0.370. The summed E-state index contributed by atoms with van der Waals surface area (Å²) in [6.45, 7) is 0.638. The lowest BCUT2D eigenvalue weighted by Gasteiger charge is -2.19. The Morgan fingerprint density at radius 3 is 3.00 bits per heavy atom. The molecular formula is C7H13FN2O. The summed E-state index contributed by atoms with van der Waals surface area (Å²) >= 11 is 0. The highest BCUT2D eigenvalue weighted by atomic mass is 19.1. The third-order valence-electron chi connectivity index (χ3n) is 2.04. The zero-order valence-corrected chi connectivity index (χ0v) is 6.42. The molecule has 4 heteroatoms. The number of hydrogen-bond acceptors (Lipinski definition) is 2. The molecule has 0 aliphatic carbocycles. The van der Waals surface area contributed by atoms with Crippen LogP contribution in [0.4, 0.5) is 4.39 Å². The second-order valence-corrected chi connectivity index (χ2v) is 2.89. The predicted octanol–water partition coefficient (Wildman–Crippen LogP) is -0.0944. The number of nitrogens with zero attached hydrogens (tertiary/aromatic N) is 1. The van der Waals surface area contributed by atoms with E-state index < -0.39 is 0 Å². The van der Waals surface area contributed by atoms with Gasteiger partial charge < -0.3 is 5.73 Å². The van der Waals surface area contributed by atoms with Crippen molar-refractivity contribution in [2.75, 3.05) is 19.8 Å². The summed E-state index contributed by atoms with van der Waals surface area (Å²) in [5.74, 6) is -0.370. The molecule has 1 amide bonds. The first-order valence-electron chi connectivity index (χ1n) is 3.82. The van der Waals surface area contributed by atoms with Gasteiger partial charge in [0.15, 0.2) is 0 Å². The highest BCUT2D eigenvalue weighted by Gasteiger charge is 2.24. The second kappa shape index (κ2) is 3.67. The van der Waals surface area contributed by atoms with E-state index in [1.165, 1.54) is 0 Å². The Labute approximate surface area is 65.3 Å². The molecule has 1 fully saturated rings. The number of rotatable bonds is 3. The number of nitrogens with two attached hydrogens (primary N) is 1. The van der Waals surface area contributed by atoms with Gasteiger partial charge in [0.2, 0.25) is 5.91 Å². The zero-order chi connectivity index (χ0) is 8.27. The Kier molecular flexibility index (Phi) is 2.82. The van der Waals surface area contributed by atoms with Gasteiger partial charge >= 0.3 is 0 Å². The molecule has 1 atom stereocenters.